The van der Waals surface area contributed by atoms with Crippen LogP contribution in [0.3, 0.4) is 0 Å². The summed E-state index contributed by atoms with van der Waals surface area (Å²) in [6.07, 6.45) is 4.26. The number of aliphatic hydroxyl groups excluding tert-OH is 1. The Balaban J connectivity index is 1.97. The molecule has 0 bridgehead atoms. The van der Waals surface area contributed by atoms with Crippen molar-refractivity contribution in [3.05, 3.63) is 54.4 Å². The van der Waals surface area contributed by atoms with Crippen molar-refractivity contribution < 1.29 is 9.90 Å². The average Bonchev–Trinajstić information content (AvgIpc) is 2.60. The van der Waals surface area contributed by atoms with Gasteiger partial charge >= 0.3 is 6.03 Å². The predicted octanol–water partition coefficient (Wildman–Crippen LogP) is 2.88. The van der Waals surface area contributed by atoms with E-state index >= 15 is 0 Å². The molecular weight excluding hydrogens is 290 g/mol. The third-order valence-electron chi connectivity index (χ3n) is 3.80. The van der Waals surface area contributed by atoms with Crippen LogP contribution in [-0.2, 0) is 0 Å². The average molecular weight is 313 g/mol. The number of aromatic nitrogens is 1. The van der Waals surface area contributed by atoms with Crippen LogP contribution < -0.4 is 10.6 Å². The summed E-state index contributed by atoms with van der Waals surface area (Å²) < 4.78 is 0. The summed E-state index contributed by atoms with van der Waals surface area (Å²) in [6.45, 7) is 3.79. The molecule has 2 rings (SSSR count). The van der Waals surface area contributed by atoms with Gasteiger partial charge in [0, 0.05) is 12.4 Å². The van der Waals surface area contributed by atoms with E-state index in [1.807, 2.05) is 56.4 Å². The molecular formula is C18H23N3O2. The minimum atomic E-state index is -0.269. The standard InChI is InChI=1S/C18H23N3O2/c1-3-17(12-22)21-18(23)20-13(2)14-6-8-15(9-7-14)16-5-4-10-19-11-16/h4-11,13,17,22H,3,12H2,1-2H3,(H2,20,21,23). The first-order valence-electron chi connectivity index (χ1n) is 7.82. The van der Waals surface area contributed by atoms with E-state index in [-0.39, 0.29) is 24.7 Å². The van der Waals surface area contributed by atoms with Crippen LogP contribution in [0, 0.1) is 0 Å². The molecule has 5 heteroatoms. The smallest absolute Gasteiger partial charge is 0.315 e. The molecule has 2 atom stereocenters. The Morgan fingerprint density at radius 3 is 2.48 bits per heavy atom. The summed E-state index contributed by atoms with van der Waals surface area (Å²) in [5.74, 6) is 0. The minimum absolute atomic E-state index is 0.0574. The number of benzene rings is 1. The molecule has 0 aliphatic heterocycles. The van der Waals surface area contributed by atoms with Crippen molar-refractivity contribution in [2.24, 2.45) is 0 Å². The Hall–Kier alpha value is -2.40. The van der Waals surface area contributed by atoms with Crippen LogP contribution in [0.15, 0.2) is 48.8 Å². The topological polar surface area (TPSA) is 74.2 Å². The van der Waals surface area contributed by atoms with Crippen molar-refractivity contribution >= 4 is 6.03 Å². The van der Waals surface area contributed by atoms with E-state index in [0.717, 1.165) is 16.7 Å². The van der Waals surface area contributed by atoms with Crippen molar-refractivity contribution in [2.75, 3.05) is 6.61 Å². The summed E-state index contributed by atoms with van der Waals surface area (Å²) in [6, 6.07) is 11.3. The van der Waals surface area contributed by atoms with Crippen molar-refractivity contribution in [3.8, 4) is 11.1 Å². The first kappa shape index (κ1) is 17.0. The second-order valence-corrected chi connectivity index (χ2v) is 5.49. The lowest BCUT2D eigenvalue weighted by atomic mass is 10.0. The van der Waals surface area contributed by atoms with Gasteiger partial charge in [0.1, 0.15) is 0 Å². The van der Waals surface area contributed by atoms with E-state index in [2.05, 4.69) is 15.6 Å². The van der Waals surface area contributed by atoms with E-state index < -0.39 is 0 Å². The molecule has 122 valence electrons. The first-order chi connectivity index (χ1) is 11.1. The van der Waals surface area contributed by atoms with Gasteiger partial charge < -0.3 is 15.7 Å². The molecule has 5 nitrogen and oxygen atoms in total. The molecule has 0 radical (unpaired) electrons. The Labute approximate surface area is 136 Å². The summed E-state index contributed by atoms with van der Waals surface area (Å²) in [5.41, 5.74) is 3.17. The number of amides is 2. The second kappa shape index (κ2) is 8.29. The Morgan fingerprint density at radius 1 is 1.17 bits per heavy atom. The van der Waals surface area contributed by atoms with Gasteiger partial charge in [-0.05, 0) is 36.1 Å². The molecule has 1 aromatic carbocycles. The SMILES string of the molecule is CCC(CO)NC(=O)NC(C)c1ccc(-c2cccnc2)cc1. The fourth-order valence-corrected chi connectivity index (χ4v) is 2.28. The molecule has 23 heavy (non-hydrogen) atoms. The van der Waals surface area contributed by atoms with Crippen LogP contribution in [0.2, 0.25) is 0 Å². The lowest BCUT2D eigenvalue weighted by molar-refractivity contribution is 0.212. The molecule has 0 aliphatic carbocycles. The number of pyridine rings is 1. The lowest BCUT2D eigenvalue weighted by Gasteiger charge is -2.19. The molecule has 2 amide bonds. The van der Waals surface area contributed by atoms with Gasteiger partial charge in [0.2, 0.25) is 0 Å². The number of carbonyl (C=O) groups is 1. The summed E-state index contributed by atoms with van der Waals surface area (Å²) >= 11 is 0. The highest BCUT2D eigenvalue weighted by Gasteiger charge is 2.12. The minimum Gasteiger partial charge on any atom is -0.394 e. The number of hydrogen-bond acceptors (Lipinski definition) is 3. The highest BCUT2D eigenvalue weighted by Crippen LogP contribution is 2.21. The van der Waals surface area contributed by atoms with Crippen molar-refractivity contribution in [1.82, 2.24) is 15.6 Å². The zero-order valence-electron chi connectivity index (χ0n) is 13.5. The van der Waals surface area contributed by atoms with E-state index in [4.69, 9.17) is 5.11 Å². The molecule has 3 N–H and O–H groups in total. The molecule has 0 spiro atoms. The maximum atomic E-state index is 11.9. The Morgan fingerprint density at radius 2 is 1.91 bits per heavy atom. The number of nitrogens with zero attached hydrogens (tertiary/aromatic N) is 1. The normalized spacial score (nSPS) is 13.2. The van der Waals surface area contributed by atoms with Crippen molar-refractivity contribution in [2.45, 2.75) is 32.4 Å². The van der Waals surface area contributed by atoms with Crippen LogP contribution in [0.5, 0.6) is 0 Å². The molecule has 0 saturated heterocycles. The maximum Gasteiger partial charge on any atom is 0.315 e. The van der Waals surface area contributed by atoms with Crippen molar-refractivity contribution in [3.63, 3.8) is 0 Å². The largest absolute Gasteiger partial charge is 0.394 e. The molecule has 0 saturated carbocycles. The fourth-order valence-electron chi connectivity index (χ4n) is 2.28. The molecule has 1 aromatic heterocycles. The third-order valence-corrected chi connectivity index (χ3v) is 3.80. The van der Waals surface area contributed by atoms with Gasteiger partial charge in [-0.3, -0.25) is 4.98 Å². The van der Waals surface area contributed by atoms with Crippen LogP contribution >= 0.6 is 0 Å². The number of rotatable bonds is 6. The summed E-state index contributed by atoms with van der Waals surface area (Å²) in [5, 5.41) is 14.7. The molecule has 1 heterocycles. The number of urea groups is 1. The van der Waals surface area contributed by atoms with Gasteiger partial charge in [-0.2, -0.15) is 0 Å². The second-order valence-electron chi connectivity index (χ2n) is 5.49. The zero-order valence-corrected chi connectivity index (χ0v) is 13.5. The van der Waals surface area contributed by atoms with E-state index in [1.165, 1.54) is 0 Å². The van der Waals surface area contributed by atoms with Crippen LogP contribution in [0.4, 0.5) is 4.79 Å². The summed E-state index contributed by atoms with van der Waals surface area (Å²) in [4.78, 5) is 16.0. The van der Waals surface area contributed by atoms with Crippen LogP contribution in [0.25, 0.3) is 11.1 Å². The van der Waals surface area contributed by atoms with Gasteiger partial charge in [0.05, 0.1) is 18.7 Å². The number of nitrogens with one attached hydrogen (secondary N) is 2. The van der Waals surface area contributed by atoms with Crippen molar-refractivity contribution in [1.29, 1.82) is 0 Å². The fraction of sp³-hybridized carbons (Fsp3) is 0.333. The molecule has 2 aromatic rings. The van der Waals surface area contributed by atoms with E-state index in [9.17, 15) is 4.79 Å². The number of hydrogen-bond donors (Lipinski definition) is 3. The van der Waals surface area contributed by atoms with E-state index in [0.29, 0.717) is 6.42 Å². The summed E-state index contributed by atoms with van der Waals surface area (Å²) in [7, 11) is 0. The van der Waals surface area contributed by atoms with Crippen LogP contribution in [-0.4, -0.2) is 28.8 Å². The third kappa shape index (κ3) is 4.79. The highest BCUT2D eigenvalue weighted by molar-refractivity contribution is 5.74. The first-order valence-corrected chi connectivity index (χ1v) is 7.82. The van der Waals surface area contributed by atoms with Gasteiger partial charge in [-0.15, -0.1) is 0 Å². The number of aliphatic hydroxyl groups is 1. The van der Waals surface area contributed by atoms with Gasteiger partial charge in [-0.1, -0.05) is 37.3 Å². The van der Waals surface area contributed by atoms with Crippen LogP contribution in [0.1, 0.15) is 31.9 Å². The van der Waals surface area contributed by atoms with Gasteiger partial charge in [-0.25, -0.2) is 4.79 Å². The maximum absolute atomic E-state index is 11.9. The highest BCUT2D eigenvalue weighted by atomic mass is 16.3. The molecule has 0 fully saturated rings. The quantitative estimate of drug-likeness (QED) is 0.767. The zero-order chi connectivity index (χ0) is 16.7. The molecule has 0 aliphatic rings. The van der Waals surface area contributed by atoms with Gasteiger partial charge in [0.25, 0.3) is 0 Å². The Bertz CT molecular complexity index is 610. The predicted molar refractivity (Wildman–Crippen MR) is 90.9 cm³/mol. The number of carbonyl (C=O) groups excluding carboxylic acids is 1. The van der Waals surface area contributed by atoms with E-state index in [1.54, 1.807) is 6.20 Å². The Kier molecular flexibility index (Phi) is 6.11. The monoisotopic (exact) mass is 313 g/mol. The van der Waals surface area contributed by atoms with Gasteiger partial charge in [0.15, 0.2) is 0 Å². The molecule has 2 unspecified atom stereocenters. The lowest BCUT2D eigenvalue weighted by Crippen LogP contribution is -2.44.